The number of nitrogens with zero attached hydrogens (tertiary/aromatic N) is 3. The van der Waals surface area contributed by atoms with E-state index in [9.17, 15) is 9.59 Å². The molecule has 8 heteroatoms. The first-order chi connectivity index (χ1) is 12.9. The second-order valence-electron chi connectivity index (χ2n) is 6.71. The molecular weight excluding hydrogens is 366 g/mol. The largest absolute Gasteiger partial charge is 0.480 e. The van der Waals surface area contributed by atoms with Crippen LogP contribution in [0.15, 0.2) is 29.6 Å². The normalized spacial score (nSPS) is 17.3. The zero-order valence-corrected chi connectivity index (χ0v) is 16.2. The van der Waals surface area contributed by atoms with Gasteiger partial charge in [0.25, 0.3) is 5.91 Å². The third-order valence-electron chi connectivity index (χ3n) is 4.32. The summed E-state index contributed by atoms with van der Waals surface area (Å²) in [7, 11) is 1.73. The summed E-state index contributed by atoms with van der Waals surface area (Å²) in [6.07, 6.45) is -0.197. The number of aliphatic carboxylic acids is 1. The molecular formula is C19H23N3O4S. The average molecular weight is 389 g/mol. The smallest absolute Gasteiger partial charge is 0.317 e. The van der Waals surface area contributed by atoms with Gasteiger partial charge < -0.3 is 14.7 Å². The molecule has 0 radical (unpaired) electrons. The minimum Gasteiger partial charge on any atom is -0.480 e. The highest BCUT2D eigenvalue weighted by Crippen LogP contribution is 2.25. The number of hydrogen-bond acceptors (Lipinski definition) is 6. The maximum absolute atomic E-state index is 12.9. The number of amides is 1. The van der Waals surface area contributed by atoms with Crippen LogP contribution in [-0.4, -0.2) is 77.7 Å². The summed E-state index contributed by atoms with van der Waals surface area (Å²) in [5.74, 6) is -0.921. The molecule has 1 aliphatic heterocycles. The fourth-order valence-corrected chi connectivity index (χ4v) is 3.91. The lowest BCUT2D eigenvalue weighted by molar-refractivity contribution is -0.138. The van der Waals surface area contributed by atoms with Gasteiger partial charge in [-0.1, -0.05) is 12.1 Å². The second-order valence-corrected chi connectivity index (χ2v) is 7.57. The number of rotatable bonds is 6. The number of carbonyl (C=O) groups is 2. The Labute approximate surface area is 162 Å². The Kier molecular flexibility index (Phi) is 6.20. The number of carboxylic acid groups (broad SMARTS) is 1. The first-order valence-corrected chi connectivity index (χ1v) is 9.64. The predicted octanol–water partition coefficient (Wildman–Crippen LogP) is 1.98. The van der Waals surface area contributed by atoms with Gasteiger partial charge in [0.1, 0.15) is 5.01 Å². The molecule has 0 spiro atoms. The lowest BCUT2D eigenvalue weighted by Crippen LogP contribution is -2.49. The third-order valence-corrected chi connectivity index (χ3v) is 5.33. The van der Waals surface area contributed by atoms with E-state index in [-0.39, 0.29) is 18.6 Å². The summed E-state index contributed by atoms with van der Waals surface area (Å²) >= 11 is 1.56. The molecule has 0 aliphatic carbocycles. The molecule has 1 fully saturated rings. The zero-order chi connectivity index (χ0) is 19.4. The molecule has 144 valence electrons. The SMILES string of the molecule is Cc1csc(-c2cccc(C(=O)N3CCOC(CN(C)CC(=O)O)C3)c2)n1. The monoisotopic (exact) mass is 389 g/mol. The van der Waals surface area contributed by atoms with Crippen LogP contribution in [0.3, 0.4) is 0 Å². The molecule has 27 heavy (non-hydrogen) atoms. The number of aryl methyl sites for hydroxylation is 1. The molecule has 1 N–H and O–H groups in total. The Morgan fingerprint density at radius 3 is 2.96 bits per heavy atom. The van der Waals surface area contributed by atoms with Gasteiger partial charge in [-0.15, -0.1) is 11.3 Å². The quantitative estimate of drug-likeness (QED) is 0.813. The van der Waals surface area contributed by atoms with E-state index in [0.717, 1.165) is 16.3 Å². The number of aromatic nitrogens is 1. The van der Waals surface area contributed by atoms with Crippen molar-refractivity contribution in [2.75, 3.05) is 39.8 Å². The van der Waals surface area contributed by atoms with Crippen LogP contribution in [0.4, 0.5) is 0 Å². The van der Waals surface area contributed by atoms with Gasteiger partial charge >= 0.3 is 5.97 Å². The molecule has 1 atom stereocenters. The lowest BCUT2D eigenvalue weighted by Gasteiger charge is -2.34. The topological polar surface area (TPSA) is 83.0 Å². The molecule has 1 amide bonds. The van der Waals surface area contributed by atoms with Crippen LogP contribution in [-0.2, 0) is 9.53 Å². The summed E-state index contributed by atoms with van der Waals surface area (Å²) in [5, 5.41) is 11.8. The van der Waals surface area contributed by atoms with E-state index in [1.165, 1.54) is 0 Å². The van der Waals surface area contributed by atoms with Crippen LogP contribution in [0.5, 0.6) is 0 Å². The molecule has 0 bridgehead atoms. The van der Waals surface area contributed by atoms with Gasteiger partial charge in [0.2, 0.25) is 0 Å². The van der Waals surface area contributed by atoms with Crippen molar-refractivity contribution in [1.29, 1.82) is 0 Å². The lowest BCUT2D eigenvalue weighted by atomic mass is 10.1. The Balaban J connectivity index is 1.67. The third kappa shape index (κ3) is 5.12. The highest BCUT2D eigenvalue weighted by atomic mass is 32.1. The number of carbonyl (C=O) groups excluding carboxylic acids is 1. The van der Waals surface area contributed by atoms with E-state index in [0.29, 0.717) is 31.8 Å². The van der Waals surface area contributed by atoms with Crippen molar-refractivity contribution >= 4 is 23.2 Å². The van der Waals surface area contributed by atoms with Crippen LogP contribution in [0, 0.1) is 6.92 Å². The Bertz CT molecular complexity index is 823. The second kappa shape index (κ2) is 8.60. The van der Waals surface area contributed by atoms with Crippen LogP contribution >= 0.6 is 11.3 Å². The number of carboxylic acids is 1. The number of thiazole rings is 1. The van der Waals surface area contributed by atoms with E-state index < -0.39 is 5.97 Å². The van der Waals surface area contributed by atoms with Crippen LogP contribution in [0.1, 0.15) is 16.1 Å². The molecule has 1 aromatic heterocycles. The fraction of sp³-hybridized carbons (Fsp3) is 0.421. The molecule has 1 aromatic carbocycles. The van der Waals surface area contributed by atoms with Gasteiger partial charge in [-0.25, -0.2) is 4.98 Å². The minimum atomic E-state index is -0.879. The molecule has 2 heterocycles. The Hall–Kier alpha value is -2.29. The fourth-order valence-electron chi connectivity index (χ4n) is 3.11. The van der Waals surface area contributed by atoms with Gasteiger partial charge in [-0.2, -0.15) is 0 Å². The molecule has 2 aromatic rings. The van der Waals surface area contributed by atoms with Crippen LogP contribution in [0.2, 0.25) is 0 Å². The Morgan fingerprint density at radius 2 is 2.26 bits per heavy atom. The van der Waals surface area contributed by atoms with E-state index in [1.54, 1.807) is 28.2 Å². The standard InChI is InChI=1S/C19H23N3O4S/c1-13-12-27-18(20-13)14-4-3-5-15(8-14)19(25)22-6-7-26-16(10-22)9-21(2)11-17(23)24/h3-5,8,12,16H,6-7,9-11H2,1-2H3,(H,23,24). The molecule has 0 saturated carbocycles. The van der Waals surface area contributed by atoms with Crippen molar-refractivity contribution in [2.45, 2.75) is 13.0 Å². The predicted molar refractivity (Wildman–Crippen MR) is 103 cm³/mol. The molecule has 3 rings (SSSR count). The van der Waals surface area contributed by atoms with E-state index in [2.05, 4.69) is 4.98 Å². The van der Waals surface area contributed by atoms with Crippen LogP contribution < -0.4 is 0 Å². The summed E-state index contributed by atoms with van der Waals surface area (Å²) in [6, 6.07) is 7.52. The summed E-state index contributed by atoms with van der Waals surface area (Å²) < 4.78 is 5.71. The van der Waals surface area contributed by atoms with Crippen molar-refractivity contribution in [3.8, 4) is 10.6 Å². The molecule has 7 nitrogen and oxygen atoms in total. The number of benzene rings is 1. The van der Waals surface area contributed by atoms with Gasteiger partial charge in [-0.3, -0.25) is 14.5 Å². The highest BCUT2D eigenvalue weighted by Gasteiger charge is 2.26. The van der Waals surface area contributed by atoms with Gasteiger partial charge in [0, 0.05) is 41.8 Å². The number of hydrogen-bond donors (Lipinski definition) is 1. The number of likely N-dealkylation sites (N-methyl/N-ethyl adjacent to an activating group) is 1. The van der Waals surface area contributed by atoms with Crippen molar-refractivity contribution < 1.29 is 19.4 Å². The Morgan fingerprint density at radius 1 is 1.44 bits per heavy atom. The molecule has 1 saturated heterocycles. The van der Waals surface area contributed by atoms with E-state index in [1.807, 2.05) is 36.6 Å². The minimum absolute atomic E-state index is 0.0423. The molecule has 1 unspecified atom stereocenters. The maximum Gasteiger partial charge on any atom is 0.317 e. The average Bonchev–Trinajstić information content (AvgIpc) is 3.07. The van der Waals surface area contributed by atoms with E-state index in [4.69, 9.17) is 9.84 Å². The first kappa shape index (κ1) is 19.5. The molecule has 1 aliphatic rings. The van der Waals surface area contributed by atoms with E-state index >= 15 is 0 Å². The summed E-state index contributed by atoms with van der Waals surface area (Å²) in [4.78, 5) is 31.7. The summed E-state index contributed by atoms with van der Waals surface area (Å²) in [5.41, 5.74) is 2.53. The van der Waals surface area contributed by atoms with Crippen molar-refractivity contribution in [1.82, 2.24) is 14.8 Å². The number of morpholine rings is 1. The zero-order valence-electron chi connectivity index (χ0n) is 15.4. The van der Waals surface area contributed by atoms with Crippen molar-refractivity contribution in [2.24, 2.45) is 0 Å². The van der Waals surface area contributed by atoms with Gasteiger partial charge in [0.05, 0.1) is 19.3 Å². The highest BCUT2D eigenvalue weighted by molar-refractivity contribution is 7.13. The van der Waals surface area contributed by atoms with Crippen molar-refractivity contribution in [3.63, 3.8) is 0 Å². The van der Waals surface area contributed by atoms with Crippen molar-refractivity contribution in [3.05, 3.63) is 40.9 Å². The van der Waals surface area contributed by atoms with Gasteiger partial charge in [-0.05, 0) is 26.1 Å². The number of ether oxygens (including phenoxy) is 1. The maximum atomic E-state index is 12.9. The summed E-state index contributed by atoms with van der Waals surface area (Å²) in [6.45, 7) is 3.78. The first-order valence-electron chi connectivity index (χ1n) is 8.76. The van der Waals surface area contributed by atoms with Crippen LogP contribution in [0.25, 0.3) is 10.6 Å². The van der Waals surface area contributed by atoms with Gasteiger partial charge in [0.15, 0.2) is 0 Å².